The van der Waals surface area contributed by atoms with Crippen LogP contribution in [0.2, 0.25) is 0 Å². The molecule has 0 saturated carbocycles. The fraction of sp³-hybridized carbons (Fsp3) is 0.375. The van der Waals surface area contributed by atoms with Crippen LogP contribution in [-0.4, -0.2) is 23.5 Å². The van der Waals surface area contributed by atoms with Gasteiger partial charge in [0, 0.05) is 25.9 Å². The molecule has 60 valence electrons. The maximum atomic E-state index is 9.07. The minimum atomic E-state index is -0.711. The standard InChI is InChI=1S/C8H11NO2/c1-11-8(10)6-7-2-4-9-5-3-7/h2-5,8,10H,6H2,1H3. The van der Waals surface area contributed by atoms with E-state index in [9.17, 15) is 0 Å². The first-order valence-corrected chi connectivity index (χ1v) is 3.42. The van der Waals surface area contributed by atoms with Gasteiger partial charge in [0.05, 0.1) is 0 Å². The number of pyridine rings is 1. The topological polar surface area (TPSA) is 42.4 Å². The number of aliphatic hydroxyl groups excluding tert-OH is 1. The van der Waals surface area contributed by atoms with Gasteiger partial charge in [-0.25, -0.2) is 0 Å². The minimum absolute atomic E-state index is 0.513. The molecule has 0 bridgehead atoms. The summed E-state index contributed by atoms with van der Waals surface area (Å²) in [5.41, 5.74) is 1.02. The molecular formula is C8H11NO2. The van der Waals surface area contributed by atoms with E-state index in [4.69, 9.17) is 5.11 Å². The van der Waals surface area contributed by atoms with Crippen molar-refractivity contribution in [1.29, 1.82) is 0 Å². The Kier molecular flexibility index (Phi) is 3.01. The van der Waals surface area contributed by atoms with Crippen LogP contribution < -0.4 is 0 Å². The van der Waals surface area contributed by atoms with E-state index in [0.29, 0.717) is 6.42 Å². The Morgan fingerprint density at radius 1 is 1.55 bits per heavy atom. The van der Waals surface area contributed by atoms with Gasteiger partial charge in [0.25, 0.3) is 0 Å². The van der Waals surface area contributed by atoms with E-state index >= 15 is 0 Å². The van der Waals surface area contributed by atoms with Gasteiger partial charge in [-0.15, -0.1) is 0 Å². The van der Waals surface area contributed by atoms with Gasteiger partial charge in [-0.3, -0.25) is 4.98 Å². The number of rotatable bonds is 3. The molecular weight excluding hydrogens is 142 g/mol. The normalized spacial score (nSPS) is 12.9. The van der Waals surface area contributed by atoms with Gasteiger partial charge in [-0.05, 0) is 17.7 Å². The summed E-state index contributed by atoms with van der Waals surface area (Å²) in [5.74, 6) is 0. The van der Waals surface area contributed by atoms with E-state index in [-0.39, 0.29) is 0 Å². The third-order valence-corrected chi connectivity index (χ3v) is 1.43. The molecule has 0 radical (unpaired) electrons. The van der Waals surface area contributed by atoms with E-state index in [1.165, 1.54) is 7.11 Å². The van der Waals surface area contributed by atoms with Crippen LogP contribution in [0.4, 0.5) is 0 Å². The Balaban J connectivity index is 2.51. The number of ether oxygens (including phenoxy) is 1. The summed E-state index contributed by atoms with van der Waals surface area (Å²) in [6.07, 6.45) is 3.19. The second-order valence-electron chi connectivity index (χ2n) is 2.25. The molecule has 0 fully saturated rings. The first-order chi connectivity index (χ1) is 5.33. The summed E-state index contributed by atoms with van der Waals surface area (Å²) in [6.45, 7) is 0. The molecule has 0 aromatic carbocycles. The highest BCUT2D eigenvalue weighted by molar-refractivity contribution is 5.09. The zero-order chi connectivity index (χ0) is 8.10. The van der Waals surface area contributed by atoms with Crippen LogP contribution >= 0.6 is 0 Å². The Bertz CT molecular complexity index is 201. The molecule has 1 rings (SSSR count). The zero-order valence-electron chi connectivity index (χ0n) is 6.40. The fourth-order valence-electron chi connectivity index (χ4n) is 0.804. The van der Waals surface area contributed by atoms with Gasteiger partial charge in [0.1, 0.15) is 0 Å². The van der Waals surface area contributed by atoms with Gasteiger partial charge < -0.3 is 9.84 Å². The van der Waals surface area contributed by atoms with Crippen LogP contribution in [0.15, 0.2) is 24.5 Å². The van der Waals surface area contributed by atoms with Crippen LogP contribution in [-0.2, 0) is 11.2 Å². The van der Waals surface area contributed by atoms with Crippen molar-refractivity contribution < 1.29 is 9.84 Å². The van der Waals surface area contributed by atoms with Gasteiger partial charge in [-0.2, -0.15) is 0 Å². The molecule has 1 aromatic heterocycles. The second-order valence-corrected chi connectivity index (χ2v) is 2.25. The maximum Gasteiger partial charge on any atom is 0.158 e. The lowest BCUT2D eigenvalue weighted by Gasteiger charge is -2.06. The molecule has 0 aliphatic rings. The van der Waals surface area contributed by atoms with E-state index in [2.05, 4.69) is 9.72 Å². The lowest BCUT2D eigenvalue weighted by atomic mass is 10.2. The fourth-order valence-corrected chi connectivity index (χ4v) is 0.804. The SMILES string of the molecule is COC(O)Cc1ccncc1. The van der Waals surface area contributed by atoms with Crippen molar-refractivity contribution in [3.63, 3.8) is 0 Å². The monoisotopic (exact) mass is 153 g/mol. The molecule has 0 aliphatic heterocycles. The summed E-state index contributed by atoms with van der Waals surface area (Å²) in [4.78, 5) is 3.86. The van der Waals surface area contributed by atoms with Gasteiger partial charge >= 0.3 is 0 Å². The smallest absolute Gasteiger partial charge is 0.158 e. The van der Waals surface area contributed by atoms with Crippen LogP contribution in [0.25, 0.3) is 0 Å². The first-order valence-electron chi connectivity index (χ1n) is 3.42. The molecule has 1 aromatic rings. The lowest BCUT2D eigenvalue weighted by molar-refractivity contribution is -0.0720. The number of aliphatic hydroxyl groups is 1. The number of hydrogen-bond acceptors (Lipinski definition) is 3. The number of nitrogens with zero attached hydrogens (tertiary/aromatic N) is 1. The molecule has 11 heavy (non-hydrogen) atoms. The average Bonchev–Trinajstić information content (AvgIpc) is 2.06. The summed E-state index contributed by atoms with van der Waals surface area (Å²) in [6, 6.07) is 3.70. The lowest BCUT2D eigenvalue weighted by Crippen LogP contribution is -2.12. The molecule has 1 N–H and O–H groups in total. The Morgan fingerprint density at radius 2 is 2.18 bits per heavy atom. The zero-order valence-corrected chi connectivity index (χ0v) is 6.40. The Morgan fingerprint density at radius 3 is 2.73 bits per heavy atom. The van der Waals surface area contributed by atoms with Crippen molar-refractivity contribution in [3.8, 4) is 0 Å². The third kappa shape index (κ3) is 2.65. The maximum absolute atomic E-state index is 9.07. The van der Waals surface area contributed by atoms with Crippen molar-refractivity contribution in [2.45, 2.75) is 12.7 Å². The van der Waals surface area contributed by atoms with Gasteiger partial charge in [0.15, 0.2) is 6.29 Å². The van der Waals surface area contributed by atoms with Crippen LogP contribution in [0, 0.1) is 0 Å². The minimum Gasteiger partial charge on any atom is -0.368 e. The molecule has 3 heteroatoms. The first kappa shape index (κ1) is 8.17. The number of aromatic nitrogens is 1. The second kappa shape index (κ2) is 4.05. The summed E-state index contributed by atoms with van der Waals surface area (Å²) in [7, 11) is 1.48. The summed E-state index contributed by atoms with van der Waals surface area (Å²) < 4.78 is 4.69. The van der Waals surface area contributed by atoms with E-state index in [1.54, 1.807) is 12.4 Å². The predicted octanol–water partition coefficient (Wildman–Crippen LogP) is 0.589. The predicted molar refractivity (Wildman–Crippen MR) is 41.0 cm³/mol. The highest BCUT2D eigenvalue weighted by Gasteiger charge is 2.01. The van der Waals surface area contributed by atoms with Crippen LogP contribution in [0.1, 0.15) is 5.56 Å². The molecule has 1 unspecified atom stereocenters. The third-order valence-electron chi connectivity index (χ3n) is 1.43. The van der Waals surface area contributed by atoms with Crippen molar-refractivity contribution >= 4 is 0 Å². The van der Waals surface area contributed by atoms with Crippen molar-refractivity contribution in [2.75, 3.05) is 7.11 Å². The molecule has 1 heterocycles. The molecule has 3 nitrogen and oxygen atoms in total. The summed E-state index contributed by atoms with van der Waals surface area (Å²) in [5, 5.41) is 9.07. The van der Waals surface area contributed by atoms with Gasteiger partial charge in [0.2, 0.25) is 0 Å². The van der Waals surface area contributed by atoms with Crippen molar-refractivity contribution in [2.24, 2.45) is 0 Å². The van der Waals surface area contributed by atoms with Crippen molar-refractivity contribution in [3.05, 3.63) is 30.1 Å². The average molecular weight is 153 g/mol. The Hall–Kier alpha value is -0.930. The number of methoxy groups -OCH3 is 1. The highest BCUT2D eigenvalue weighted by atomic mass is 16.6. The van der Waals surface area contributed by atoms with Crippen LogP contribution in [0.5, 0.6) is 0 Å². The van der Waals surface area contributed by atoms with E-state index < -0.39 is 6.29 Å². The molecule has 0 spiro atoms. The highest BCUT2D eigenvalue weighted by Crippen LogP contribution is 2.00. The van der Waals surface area contributed by atoms with Crippen LogP contribution in [0.3, 0.4) is 0 Å². The molecule has 0 aliphatic carbocycles. The van der Waals surface area contributed by atoms with Gasteiger partial charge in [-0.1, -0.05) is 0 Å². The molecule has 0 saturated heterocycles. The Labute approximate surface area is 65.7 Å². The van der Waals surface area contributed by atoms with E-state index in [1.807, 2.05) is 12.1 Å². The number of hydrogen-bond donors (Lipinski definition) is 1. The quantitative estimate of drug-likeness (QED) is 0.646. The van der Waals surface area contributed by atoms with Crippen molar-refractivity contribution in [1.82, 2.24) is 4.98 Å². The largest absolute Gasteiger partial charge is 0.368 e. The molecule has 1 atom stereocenters. The summed E-state index contributed by atoms with van der Waals surface area (Å²) >= 11 is 0. The molecule has 0 amide bonds. The van der Waals surface area contributed by atoms with E-state index in [0.717, 1.165) is 5.56 Å².